The number of hydrogen-bond donors (Lipinski definition) is 1. The number of ether oxygens (including phenoxy) is 1. The number of para-hydroxylation sites is 1. The zero-order valence-electron chi connectivity index (χ0n) is 15.5. The van der Waals surface area contributed by atoms with E-state index in [1.54, 1.807) is 0 Å². The van der Waals surface area contributed by atoms with Crippen molar-refractivity contribution < 1.29 is 9.53 Å². The van der Waals surface area contributed by atoms with E-state index in [9.17, 15) is 4.79 Å². The minimum atomic E-state index is -0.496. The molecule has 4 nitrogen and oxygen atoms in total. The Kier molecular flexibility index (Phi) is 6.41. The maximum Gasteiger partial charge on any atom is 0.407 e. The van der Waals surface area contributed by atoms with Gasteiger partial charge in [-0.25, -0.2) is 4.79 Å². The summed E-state index contributed by atoms with van der Waals surface area (Å²) < 4.78 is 5.28. The molecule has 1 heterocycles. The first-order valence-electron chi connectivity index (χ1n) is 8.73. The van der Waals surface area contributed by atoms with Gasteiger partial charge in [0.05, 0.1) is 5.52 Å². The number of nitrogens with zero attached hydrogens (tertiary/aromatic N) is 1. The Hall–Kier alpha value is -2.54. The van der Waals surface area contributed by atoms with Crippen LogP contribution in [0.15, 0.2) is 30.5 Å². The molecule has 0 radical (unpaired) electrons. The van der Waals surface area contributed by atoms with E-state index in [0.29, 0.717) is 13.0 Å². The molecule has 0 aliphatic carbocycles. The number of carbonyl (C=O) groups excluding carboxylic acids is 1. The number of hydrogen-bond acceptors (Lipinski definition) is 3. The van der Waals surface area contributed by atoms with Crippen LogP contribution in [0, 0.1) is 11.8 Å². The molecule has 132 valence electrons. The molecular weight excluding hydrogens is 312 g/mol. The number of amides is 1. The van der Waals surface area contributed by atoms with Crippen LogP contribution in [0.5, 0.6) is 0 Å². The van der Waals surface area contributed by atoms with Crippen LogP contribution in [0.25, 0.3) is 10.9 Å². The molecule has 1 N–H and O–H groups in total. The second kappa shape index (κ2) is 8.53. The topological polar surface area (TPSA) is 51.2 Å². The summed E-state index contributed by atoms with van der Waals surface area (Å²) >= 11 is 0. The summed E-state index contributed by atoms with van der Waals surface area (Å²) in [5.74, 6) is 6.41. The van der Waals surface area contributed by atoms with Crippen LogP contribution in [-0.4, -0.2) is 23.2 Å². The quantitative estimate of drug-likeness (QED) is 0.838. The summed E-state index contributed by atoms with van der Waals surface area (Å²) in [5, 5.41) is 3.90. The molecule has 25 heavy (non-hydrogen) atoms. The second-order valence-corrected chi connectivity index (χ2v) is 6.90. The van der Waals surface area contributed by atoms with Crippen molar-refractivity contribution in [3.05, 3.63) is 41.6 Å². The van der Waals surface area contributed by atoms with Crippen molar-refractivity contribution in [2.45, 2.75) is 52.6 Å². The number of nitrogens with one attached hydrogen (secondary N) is 1. The second-order valence-electron chi connectivity index (χ2n) is 6.90. The first-order valence-corrected chi connectivity index (χ1v) is 8.73. The molecule has 0 aliphatic rings. The summed E-state index contributed by atoms with van der Waals surface area (Å²) in [6, 6.07) is 8.01. The fourth-order valence-electron chi connectivity index (χ4n) is 2.46. The lowest BCUT2D eigenvalue weighted by molar-refractivity contribution is 0.0528. The third-order valence-electron chi connectivity index (χ3n) is 3.53. The van der Waals surface area contributed by atoms with Crippen LogP contribution < -0.4 is 5.32 Å². The van der Waals surface area contributed by atoms with E-state index in [2.05, 4.69) is 35.1 Å². The molecule has 2 aromatic rings. The number of unbranched alkanes of at least 4 members (excludes halogenated alkanes) is 1. The van der Waals surface area contributed by atoms with Crippen LogP contribution in [0.3, 0.4) is 0 Å². The molecular formula is C21H26N2O2. The van der Waals surface area contributed by atoms with Gasteiger partial charge in [0.25, 0.3) is 0 Å². The van der Waals surface area contributed by atoms with Crippen molar-refractivity contribution in [2.24, 2.45) is 0 Å². The Balaban J connectivity index is 2.18. The number of carbonyl (C=O) groups is 1. The van der Waals surface area contributed by atoms with Gasteiger partial charge in [0.2, 0.25) is 0 Å². The summed E-state index contributed by atoms with van der Waals surface area (Å²) in [4.78, 5) is 16.3. The third kappa shape index (κ3) is 5.79. The van der Waals surface area contributed by atoms with Gasteiger partial charge < -0.3 is 10.1 Å². The number of pyridine rings is 1. The standard InChI is InChI=1S/C21H26N2O2/c1-5-6-7-10-16-15-23-19-12-9-8-11-18(19)17(16)13-14-22-20(24)25-21(2,3)4/h8-9,11-12,15H,5-6,13-14H2,1-4H3,(H,22,24). The average molecular weight is 338 g/mol. The van der Waals surface area contributed by atoms with E-state index >= 15 is 0 Å². The highest BCUT2D eigenvalue weighted by atomic mass is 16.6. The van der Waals surface area contributed by atoms with E-state index in [-0.39, 0.29) is 0 Å². The number of benzene rings is 1. The van der Waals surface area contributed by atoms with E-state index in [1.807, 2.05) is 45.2 Å². The molecule has 0 atom stereocenters. The molecule has 1 aromatic heterocycles. The van der Waals surface area contributed by atoms with Crippen molar-refractivity contribution in [2.75, 3.05) is 6.54 Å². The Morgan fingerprint density at radius 1 is 1.28 bits per heavy atom. The van der Waals surface area contributed by atoms with Gasteiger partial charge in [-0.15, -0.1) is 0 Å². The molecule has 0 bridgehead atoms. The van der Waals surface area contributed by atoms with Gasteiger partial charge in [-0.05, 0) is 45.2 Å². The first kappa shape index (κ1) is 18.8. The van der Waals surface area contributed by atoms with E-state index < -0.39 is 11.7 Å². The van der Waals surface area contributed by atoms with Crippen molar-refractivity contribution in [1.29, 1.82) is 0 Å². The maximum absolute atomic E-state index is 11.8. The zero-order valence-corrected chi connectivity index (χ0v) is 15.5. The lowest BCUT2D eigenvalue weighted by Gasteiger charge is -2.19. The number of aromatic nitrogens is 1. The molecule has 0 unspecified atom stereocenters. The fraction of sp³-hybridized carbons (Fsp3) is 0.429. The smallest absolute Gasteiger partial charge is 0.407 e. The van der Waals surface area contributed by atoms with Gasteiger partial charge in [-0.1, -0.05) is 37.0 Å². The Morgan fingerprint density at radius 3 is 2.76 bits per heavy atom. The van der Waals surface area contributed by atoms with Gasteiger partial charge >= 0.3 is 6.09 Å². The average Bonchev–Trinajstić information content (AvgIpc) is 2.54. The molecule has 0 spiro atoms. The lowest BCUT2D eigenvalue weighted by Crippen LogP contribution is -2.33. The molecule has 2 rings (SSSR count). The molecule has 0 saturated heterocycles. The number of alkyl carbamates (subject to hydrolysis) is 1. The van der Waals surface area contributed by atoms with Crippen LogP contribution in [0.2, 0.25) is 0 Å². The van der Waals surface area contributed by atoms with Gasteiger partial charge in [0.15, 0.2) is 0 Å². The van der Waals surface area contributed by atoms with Crippen LogP contribution >= 0.6 is 0 Å². The fourth-order valence-corrected chi connectivity index (χ4v) is 2.46. The Labute approximate surface area is 150 Å². The van der Waals surface area contributed by atoms with Gasteiger partial charge in [0.1, 0.15) is 5.60 Å². The predicted octanol–water partition coefficient (Wildman–Crippen LogP) is 4.45. The normalized spacial score (nSPS) is 10.9. The summed E-state index contributed by atoms with van der Waals surface area (Å²) in [5.41, 5.74) is 2.49. The van der Waals surface area contributed by atoms with Gasteiger partial charge in [0, 0.05) is 30.1 Å². The third-order valence-corrected chi connectivity index (χ3v) is 3.53. The molecule has 0 aliphatic heterocycles. The summed E-state index contributed by atoms with van der Waals surface area (Å²) in [7, 11) is 0. The van der Waals surface area contributed by atoms with Crippen LogP contribution in [-0.2, 0) is 11.2 Å². The minimum Gasteiger partial charge on any atom is -0.444 e. The highest BCUT2D eigenvalue weighted by Gasteiger charge is 2.16. The molecule has 1 amide bonds. The van der Waals surface area contributed by atoms with Crippen molar-refractivity contribution in [3.63, 3.8) is 0 Å². The zero-order chi connectivity index (χ0) is 18.3. The first-order chi connectivity index (χ1) is 11.9. The maximum atomic E-state index is 11.8. The van der Waals surface area contributed by atoms with Gasteiger partial charge in [-0.3, -0.25) is 4.98 Å². The van der Waals surface area contributed by atoms with Crippen molar-refractivity contribution >= 4 is 17.0 Å². The Morgan fingerprint density at radius 2 is 2.04 bits per heavy atom. The monoisotopic (exact) mass is 338 g/mol. The molecule has 0 saturated carbocycles. The highest BCUT2D eigenvalue weighted by molar-refractivity contribution is 5.84. The van der Waals surface area contributed by atoms with E-state index in [4.69, 9.17) is 4.74 Å². The van der Waals surface area contributed by atoms with E-state index in [1.165, 1.54) is 0 Å². The summed E-state index contributed by atoms with van der Waals surface area (Å²) in [6.07, 6.45) is 4.00. The molecule has 1 aromatic carbocycles. The highest BCUT2D eigenvalue weighted by Crippen LogP contribution is 2.20. The molecule has 0 fully saturated rings. The van der Waals surface area contributed by atoms with Crippen molar-refractivity contribution in [3.8, 4) is 11.8 Å². The number of rotatable bonds is 4. The van der Waals surface area contributed by atoms with Crippen molar-refractivity contribution in [1.82, 2.24) is 10.3 Å². The summed E-state index contributed by atoms with van der Waals surface area (Å²) in [6.45, 7) is 8.16. The van der Waals surface area contributed by atoms with Gasteiger partial charge in [-0.2, -0.15) is 0 Å². The lowest BCUT2D eigenvalue weighted by atomic mass is 10.0. The van der Waals surface area contributed by atoms with E-state index in [0.717, 1.165) is 34.9 Å². The van der Waals surface area contributed by atoms with Crippen LogP contribution in [0.4, 0.5) is 4.79 Å². The largest absolute Gasteiger partial charge is 0.444 e. The Bertz CT molecular complexity index is 795. The SMILES string of the molecule is CCCC#Cc1cnc2ccccc2c1CCNC(=O)OC(C)(C)C. The number of fused-ring (bicyclic) bond motifs is 1. The van der Waals surface area contributed by atoms with Crippen LogP contribution in [0.1, 0.15) is 51.7 Å². The minimum absolute atomic E-state index is 0.399. The predicted molar refractivity (Wildman–Crippen MR) is 101 cm³/mol. The molecule has 4 heteroatoms.